The molecule has 1 unspecified atom stereocenters. The molecule has 4 rings (SSSR count). The SMILES string of the molecule is CC1(c2cc(Cl)cc(C(F)(F)F)c2)CC(c2ccc(C(=O)NCC(=O)NCC(F)(F)F)c3ccccc23)=NO1. The van der Waals surface area contributed by atoms with E-state index in [0.717, 1.165) is 12.1 Å². The van der Waals surface area contributed by atoms with Gasteiger partial charge in [-0.05, 0) is 42.0 Å². The molecule has 3 aromatic rings. The summed E-state index contributed by atoms with van der Waals surface area (Å²) in [7, 11) is 0. The lowest BCUT2D eigenvalue weighted by Gasteiger charge is -2.23. The fraction of sp³-hybridized carbons (Fsp3) is 0.269. The van der Waals surface area contributed by atoms with Crippen molar-refractivity contribution in [3.05, 3.63) is 81.9 Å². The third-order valence-electron chi connectivity index (χ3n) is 6.07. The van der Waals surface area contributed by atoms with E-state index in [-0.39, 0.29) is 22.6 Å². The Balaban J connectivity index is 1.56. The summed E-state index contributed by atoms with van der Waals surface area (Å²) in [5.41, 5.74) is -0.847. The van der Waals surface area contributed by atoms with E-state index in [9.17, 15) is 35.9 Å². The average Bonchev–Trinajstić information content (AvgIpc) is 3.27. The van der Waals surface area contributed by atoms with E-state index in [0.29, 0.717) is 22.0 Å². The number of hydrogen-bond acceptors (Lipinski definition) is 4. The zero-order chi connectivity index (χ0) is 28.6. The summed E-state index contributed by atoms with van der Waals surface area (Å²) >= 11 is 5.95. The molecule has 3 aromatic carbocycles. The van der Waals surface area contributed by atoms with Gasteiger partial charge in [-0.15, -0.1) is 0 Å². The van der Waals surface area contributed by atoms with Gasteiger partial charge in [0.15, 0.2) is 5.60 Å². The van der Waals surface area contributed by atoms with E-state index in [1.807, 2.05) is 0 Å². The summed E-state index contributed by atoms with van der Waals surface area (Å²) in [6.07, 6.45) is -9.09. The van der Waals surface area contributed by atoms with Crippen molar-refractivity contribution in [1.82, 2.24) is 10.6 Å². The van der Waals surface area contributed by atoms with E-state index >= 15 is 0 Å². The van der Waals surface area contributed by atoms with E-state index in [4.69, 9.17) is 16.4 Å². The van der Waals surface area contributed by atoms with Crippen molar-refractivity contribution in [2.45, 2.75) is 31.3 Å². The van der Waals surface area contributed by atoms with Gasteiger partial charge in [-0.3, -0.25) is 9.59 Å². The van der Waals surface area contributed by atoms with E-state index in [1.165, 1.54) is 12.1 Å². The first-order valence-electron chi connectivity index (χ1n) is 11.4. The Morgan fingerprint density at radius 1 is 1.00 bits per heavy atom. The molecule has 0 bridgehead atoms. The topological polar surface area (TPSA) is 79.8 Å². The zero-order valence-electron chi connectivity index (χ0n) is 20.1. The van der Waals surface area contributed by atoms with Crippen LogP contribution in [0.5, 0.6) is 0 Å². The summed E-state index contributed by atoms with van der Waals surface area (Å²) in [5, 5.41) is 9.02. The predicted molar refractivity (Wildman–Crippen MR) is 131 cm³/mol. The Bertz CT molecular complexity index is 1470. The maximum Gasteiger partial charge on any atom is 0.416 e. The summed E-state index contributed by atoms with van der Waals surface area (Å²) in [6.45, 7) is -0.595. The van der Waals surface area contributed by atoms with Gasteiger partial charge in [0.25, 0.3) is 5.91 Å². The van der Waals surface area contributed by atoms with Crippen molar-refractivity contribution in [1.29, 1.82) is 0 Å². The molecule has 0 aromatic heterocycles. The highest BCUT2D eigenvalue weighted by Gasteiger charge is 2.40. The summed E-state index contributed by atoms with van der Waals surface area (Å²) < 4.78 is 76.8. The average molecular weight is 572 g/mol. The van der Waals surface area contributed by atoms with Gasteiger partial charge in [-0.1, -0.05) is 47.1 Å². The monoisotopic (exact) mass is 571 g/mol. The quantitative estimate of drug-likeness (QED) is 0.358. The first kappa shape index (κ1) is 28.2. The van der Waals surface area contributed by atoms with Crippen LogP contribution < -0.4 is 10.6 Å². The molecule has 206 valence electrons. The smallest absolute Gasteiger partial charge is 0.384 e. The molecule has 0 fully saturated rings. The molecular formula is C26H20ClF6N3O3. The van der Waals surface area contributed by atoms with Crippen molar-refractivity contribution in [2.24, 2.45) is 5.16 Å². The Labute approximate surface area is 222 Å². The molecule has 39 heavy (non-hydrogen) atoms. The number of carbonyl (C=O) groups excluding carboxylic acids is 2. The first-order valence-corrected chi connectivity index (χ1v) is 11.8. The van der Waals surface area contributed by atoms with Gasteiger partial charge in [-0.25, -0.2) is 0 Å². The second-order valence-electron chi connectivity index (χ2n) is 9.04. The number of rotatable bonds is 6. The molecule has 0 saturated carbocycles. The Hall–Kier alpha value is -3.80. The standard InChI is InChI=1S/C26H20ClF6N3O3/c1-24(14-8-15(26(31,32)33)10-16(27)9-14)11-21(36-39-24)19-6-7-20(18-5-3-2-4-17(18)19)23(38)34-12-22(37)35-13-25(28,29)30/h2-10H,11-13H2,1H3,(H,34,38)(H,35,37). The summed E-state index contributed by atoms with van der Waals surface area (Å²) in [4.78, 5) is 30.0. The molecule has 6 nitrogen and oxygen atoms in total. The van der Waals surface area contributed by atoms with Gasteiger partial charge in [-0.2, -0.15) is 26.3 Å². The number of halogens is 7. The van der Waals surface area contributed by atoms with Crippen LogP contribution in [0.1, 0.15) is 40.4 Å². The number of carbonyl (C=O) groups is 2. The van der Waals surface area contributed by atoms with Crippen LogP contribution in [-0.2, 0) is 21.4 Å². The molecule has 1 aliphatic rings. The highest BCUT2D eigenvalue weighted by Crippen LogP contribution is 2.41. The molecule has 2 N–H and O–H groups in total. The third-order valence-corrected chi connectivity index (χ3v) is 6.29. The largest absolute Gasteiger partial charge is 0.416 e. The number of nitrogens with zero attached hydrogens (tertiary/aromatic N) is 1. The minimum Gasteiger partial charge on any atom is -0.384 e. The number of oxime groups is 1. The van der Waals surface area contributed by atoms with Gasteiger partial charge in [0.2, 0.25) is 5.91 Å². The molecule has 0 aliphatic carbocycles. The molecule has 13 heteroatoms. The Morgan fingerprint density at radius 3 is 2.36 bits per heavy atom. The van der Waals surface area contributed by atoms with Crippen LogP contribution in [0.3, 0.4) is 0 Å². The van der Waals surface area contributed by atoms with Crippen LogP contribution in [0.15, 0.2) is 59.8 Å². The highest BCUT2D eigenvalue weighted by molar-refractivity contribution is 6.30. The van der Waals surface area contributed by atoms with Crippen LogP contribution in [0.2, 0.25) is 5.02 Å². The molecule has 1 atom stereocenters. The molecule has 2 amide bonds. The first-order chi connectivity index (χ1) is 18.2. The number of alkyl halides is 6. The fourth-order valence-electron chi connectivity index (χ4n) is 4.16. The van der Waals surface area contributed by atoms with Crippen molar-refractivity contribution in [3.8, 4) is 0 Å². The lowest BCUT2D eigenvalue weighted by molar-refractivity contribution is -0.137. The van der Waals surface area contributed by atoms with Crippen molar-refractivity contribution in [2.75, 3.05) is 13.1 Å². The maximum absolute atomic E-state index is 13.3. The maximum atomic E-state index is 13.3. The minimum absolute atomic E-state index is 0.0968. The molecule has 0 spiro atoms. The van der Waals surface area contributed by atoms with Crippen molar-refractivity contribution in [3.63, 3.8) is 0 Å². The second kappa shape index (κ2) is 10.4. The van der Waals surface area contributed by atoms with Crippen LogP contribution in [-0.4, -0.2) is 36.8 Å². The van der Waals surface area contributed by atoms with Gasteiger partial charge < -0.3 is 15.5 Å². The number of nitrogens with one attached hydrogen (secondary N) is 2. The van der Waals surface area contributed by atoms with Crippen molar-refractivity contribution < 1.29 is 40.8 Å². The van der Waals surface area contributed by atoms with E-state index in [2.05, 4.69) is 10.5 Å². The summed E-state index contributed by atoms with van der Waals surface area (Å²) in [6, 6.07) is 12.9. The molecule has 1 aliphatic heterocycles. The Morgan fingerprint density at radius 2 is 1.69 bits per heavy atom. The molecule has 0 radical (unpaired) electrons. The lowest BCUT2D eigenvalue weighted by atomic mass is 9.86. The van der Waals surface area contributed by atoms with E-state index in [1.54, 1.807) is 42.6 Å². The second-order valence-corrected chi connectivity index (χ2v) is 9.48. The third kappa shape index (κ3) is 6.44. The predicted octanol–water partition coefficient (Wildman–Crippen LogP) is 5.96. The number of amides is 2. The number of benzene rings is 3. The minimum atomic E-state index is -4.61. The number of fused-ring (bicyclic) bond motifs is 1. The highest BCUT2D eigenvalue weighted by atomic mass is 35.5. The molecule has 1 heterocycles. The van der Waals surface area contributed by atoms with Gasteiger partial charge >= 0.3 is 12.4 Å². The van der Waals surface area contributed by atoms with Gasteiger partial charge in [0.05, 0.1) is 17.8 Å². The molecule has 0 saturated heterocycles. The molecular weight excluding hydrogens is 552 g/mol. The Kier molecular flexibility index (Phi) is 7.53. The van der Waals surface area contributed by atoms with E-state index < -0.39 is 48.4 Å². The van der Waals surface area contributed by atoms with Crippen LogP contribution in [0.4, 0.5) is 26.3 Å². The van der Waals surface area contributed by atoms with Crippen LogP contribution in [0, 0.1) is 0 Å². The van der Waals surface area contributed by atoms with Gasteiger partial charge in [0.1, 0.15) is 6.54 Å². The van der Waals surface area contributed by atoms with Crippen molar-refractivity contribution >= 4 is 39.9 Å². The number of hydrogen-bond donors (Lipinski definition) is 2. The van der Waals surface area contributed by atoms with Crippen LogP contribution in [0.25, 0.3) is 10.8 Å². The summed E-state index contributed by atoms with van der Waals surface area (Å²) in [5.74, 6) is -1.69. The van der Waals surface area contributed by atoms with Gasteiger partial charge in [0, 0.05) is 28.1 Å². The zero-order valence-corrected chi connectivity index (χ0v) is 20.9. The lowest BCUT2D eigenvalue weighted by Crippen LogP contribution is -2.40. The van der Waals surface area contributed by atoms with Crippen LogP contribution >= 0.6 is 11.6 Å². The normalized spacial score (nSPS) is 17.5. The fourth-order valence-corrected chi connectivity index (χ4v) is 4.40.